The van der Waals surface area contributed by atoms with E-state index in [2.05, 4.69) is 38.8 Å². The maximum absolute atomic E-state index is 12.4. The Bertz CT molecular complexity index is 751. The molecule has 5 heteroatoms. The van der Waals surface area contributed by atoms with Crippen molar-refractivity contribution >= 4 is 17.5 Å². The fraction of sp³-hybridized carbons (Fsp3) is 0.421. The van der Waals surface area contributed by atoms with E-state index in [9.17, 15) is 4.79 Å². The van der Waals surface area contributed by atoms with Gasteiger partial charge in [-0.1, -0.05) is 25.0 Å². The summed E-state index contributed by atoms with van der Waals surface area (Å²) in [5, 5.41) is 6.32. The topological polar surface area (TPSA) is 66.9 Å². The normalized spacial score (nSPS) is 14.6. The van der Waals surface area contributed by atoms with Crippen molar-refractivity contribution in [3.8, 4) is 0 Å². The number of carbonyl (C=O) groups is 1. The highest BCUT2D eigenvalue weighted by atomic mass is 16.1. The molecule has 1 aromatic heterocycles. The first-order chi connectivity index (χ1) is 11.5. The SMILES string of the molecule is Cc1ccc(C)c(Nc2nc(C)cc(C(=O)NC3CCCC3)n2)c1. The van der Waals surface area contributed by atoms with Crippen LogP contribution in [-0.4, -0.2) is 21.9 Å². The zero-order valence-corrected chi connectivity index (χ0v) is 14.5. The molecule has 126 valence electrons. The van der Waals surface area contributed by atoms with Crippen molar-refractivity contribution in [2.45, 2.75) is 52.5 Å². The minimum Gasteiger partial charge on any atom is -0.348 e. The molecule has 5 nitrogen and oxygen atoms in total. The molecule has 24 heavy (non-hydrogen) atoms. The number of anilines is 2. The summed E-state index contributed by atoms with van der Waals surface area (Å²) in [5.41, 5.74) is 4.43. The van der Waals surface area contributed by atoms with Crippen molar-refractivity contribution in [2.75, 3.05) is 5.32 Å². The minimum absolute atomic E-state index is 0.114. The van der Waals surface area contributed by atoms with E-state index in [0.29, 0.717) is 11.6 Å². The number of hydrogen-bond donors (Lipinski definition) is 2. The molecule has 3 rings (SSSR count). The van der Waals surface area contributed by atoms with E-state index in [0.717, 1.165) is 35.3 Å². The van der Waals surface area contributed by atoms with E-state index >= 15 is 0 Å². The number of benzene rings is 1. The Hall–Kier alpha value is -2.43. The van der Waals surface area contributed by atoms with Crippen molar-refractivity contribution in [3.63, 3.8) is 0 Å². The fourth-order valence-corrected chi connectivity index (χ4v) is 3.06. The monoisotopic (exact) mass is 324 g/mol. The van der Waals surface area contributed by atoms with Crippen LogP contribution in [0.3, 0.4) is 0 Å². The molecule has 0 atom stereocenters. The van der Waals surface area contributed by atoms with Crippen LogP contribution in [0.5, 0.6) is 0 Å². The maximum atomic E-state index is 12.4. The standard InChI is InChI=1S/C19H24N4O/c1-12-8-9-13(2)16(10-12)22-19-20-14(3)11-17(23-19)18(24)21-15-6-4-5-7-15/h8-11,15H,4-7H2,1-3H3,(H,21,24)(H,20,22,23). The van der Waals surface area contributed by atoms with Crippen LogP contribution in [-0.2, 0) is 0 Å². The number of aryl methyl sites for hydroxylation is 3. The molecule has 0 unspecified atom stereocenters. The molecule has 2 N–H and O–H groups in total. The fourth-order valence-electron chi connectivity index (χ4n) is 3.06. The molecular weight excluding hydrogens is 300 g/mol. The number of nitrogens with one attached hydrogen (secondary N) is 2. The van der Waals surface area contributed by atoms with Crippen molar-refractivity contribution in [1.82, 2.24) is 15.3 Å². The summed E-state index contributed by atoms with van der Waals surface area (Å²) >= 11 is 0. The van der Waals surface area contributed by atoms with Crippen molar-refractivity contribution in [1.29, 1.82) is 0 Å². The first-order valence-electron chi connectivity index (χ1n) is 8.52. The van der Waals surface area contributed by atoms with Gasteiger partial charge in [-0.3, -0.25) is 4.79 Å². The second-order valence-corrected chi connectivity index (χ2v) is 6.62. The summed E-state index contributed by atoms with van der Waals surface area (Å²) in [4.78, 5) is 21.3. The highest BCUT2D eigenvalue weighted by molar-refractivity contribution is 5.93. The first kappa shape index (κ1) is 16.4. The lowest BCUT2D eigenvalue weighted by molar-refractivity contribution is 0.0932. The zero-order valence-electron chi connectivity index (χ0n) is 14.5. The van der Waals surface area contributed by atoms with Crippen LogP contribution in [0.1, 0.15) is 53.0 Å². The summed E-state index contributed by atoms with van der Waals surface area (Å²) in [5.74, 6) is 0.344. The van der Waals surface area contributed by atoms with Crippen LogP contribution < -0.4 is 10.6 Å². The number of rotatable bonds is 4. The summed E-state index contributed by atoms with van der Waals surface area (Å²) in [7, 11) is 0. The number of nitrogens with zero attached hydrogens (tertiary/aromatic N) is 2. The molecule has 0 radical (unpaired) electrons. The van der Waals surface area contributed by atoms with Crippen LogP contribution in [0.2, 0.25) is 0 Å². The van der Waals surface area contributed by atoms with E-state index in [1.54, 1.807) is 6.07 Å². The van der Waals surface area contributed by atoms with Gasteiger partial charge in [-0.05, 0) is 56.9 Å². The van der Waals surface area contributed by atoms with Gasteiger partial charge in [-0.15, -0.1) is 0 Å². The number of carbonyl (C=O) groups excluding carboxylic acids is 1. The number of hydrogen-bond acceptors (Lipinski definition) is 4. The molecular formula is C19H24N4O. The molecule has 1 heterocycles. The zero-order chi connectivity index (χ0) is 17.1. The molecule has 1 saturated carbocycles. The maximum Gasteiger partial charge on any atom is 0.270 e. The molecule has 1 aliphatic rings. The quantitative estimate of drug-likeness (QED) is 0.897. The van der Waals surface area contributed by atoms with Crippen LogP contribution in [0.15, 0.2) is 24.3 Å². The summed E-state index contributed by atoms with van der Waals surface area (Å²) in [6, 6.07) is 8.19. The van der Waals surface area contributed by atoms with Gasteiger partial charge in [0.05, 0.1) is 0 Å². The smallest absolute Gasteiger partial charge is 0.270 e. The Morgan fingerprint density at radius 3 is 2.58 bits per heavy atom. The second kappa shape index (κ2) is 6.99. The summed E-state index contributed by atoms with van der Waals surface area (Å²) in [6.07, 6.45) is 4.49. The average molecular weight is 324 g/mol. The third kappa shape index (κ3) is 3.91. The van der Waals surface area contributed by atoms with Crippen LogP contribution in [0, 0.1) is 20.8 Å². The Labute approximate surface area is 142 Å². The Morgan fingerprint density at radius 2 is 1.83 bits per heavy atom. The highest BCUT2D eigenvalue weighted by Gasteiger charge is 2.19. The van der Waals surface area contributed by atoms with Gasteiger partial charge in [0, 0.05) is 17.4 Å². The van der Waals surface area contributed by atoms with Crippen LogP contribution >= 0.6 is 0 Å². The Balaban J connectivity index is 1.80. The lowest BCUT2D eigenvalue weighted by Gasteiger charge is -2.13. The van der Waals surface area contributed by atoms with Crippen LogP contribution in [0.4, 0.5) is 11.6 Å². The van der Waals surface area contributed by atoms with Gasteiger partial charge in [0.15, 0.2) is 0 Å². The lowest BCUT2D eigenvalue weighted by Crippen LogP contribution is -2.33. The van der Waals surface area contributed by atoms with Gasteiger partial charge < -0.3 is 10.6 Å². The Morgan fingerprint density at radius 1 is 1.08 bits per heavy atom. The summed E-state index contributed by atoms with van der Waals surface area (Å²) < 4.78 is 0. The second-order valence-electron chi connectivity index (χ2n) is 6.62. The van der Waals surface area contributed by atoms with E-state index in [-0.39, 0.29) is 11.9 Å². The van der Waals surface area contributed by atoms with Gasteiger partial charge in [0.2, 0.25) is 5.95 Å². The number of amides is 1. The third-order valence-electron chi connectivity index (χ3n) is 4.42. The largest absolute Gasteiger partial charge is 0.348 e. The molecule has 1 amide bonds. The average Bonchev–Trinajstić information content (AvgIpc) is 3.03. The van der Waals surface area contributed by atoms with Gasteiger partial charge in [-0.25, -0.2) is 9.97 Å². The predicted molar refractivity (Wildman–Crippen MR) is 95.7 cm³/mol. The van der Waals surface area contributed by atoms with Gasteiger partial charge in [-0.2, -0.15) is 0 Å². The molecule has 0 saturated heterocycles. The molecule has 0 bridgehead atoms. The lowest BCUT2D eigenvalue weighted by atomic mass is 10.1. The molecule has 2 aromatic rings. The minimum atomic E-state index is -0.114. The molecule has 0 aliphatic heterocycles. The van der Waals surface area contributed by atoms with E-state index in [1.165, 1.54) is 12.8 Å². The molecule has 1 aliphatic carbocycles. The van der Waals surface area contributed by atoms with Crippen LogP contribution in [0.25, 0.3) is 0 Å². The van der Waals surface area contributed by atoms with E-state index in [1.807, 2.05) is 20.8 Å². The summed E-state index contributed by atoms with van der Waals surface area (Å²) in [6.45, 7) is 5.95. The highest BCUT2D eigenvalue weighted by Crippen LogP contribution is 2.21. The first-order valence-corrected chi connectivity index (χ1v) is 8.52. The van der Waals surface area contributed by atoms with Gasteiger partial charge in [0.1, 0.15) is 5.69 Å². The van der Waals surface area contributed by atoms with E-state index in [4.69, 9.17) is 0 Å². The van der Waals surface area contributed by atoms with Crippen molar-refractivity contribution in [3.05, 3.63) is 46.8 Å². The third-order valence-corrected chi connectivity index (χ3v) is 4.42. The Kier molecular flexibility index (Phi) is 4.79. The van der Waals surface area contributed by atoms with Crippen molar-refractivity contribution in [2.24, 2.45) is 0 Å². The number of aromatic nitrogens is 2. The van der Waals surface area contributed by atoms with Gasteiger partial charge in [0.25, 0.3) is 5.91 Å². The molecule has 0 spiro atoms. The predicted octanol–water partition coefficient (Wildman–Crippen LogP) is 3.82. The van der Waals surface area contributed by atoms with Gasteiger partial charge >= 0.3 is 0 Å². The van der Waals surface area contributed by atoms with Crippen molar-refractivity contribution < 1.29 is 4.79 Å². The molecule has 1 aromatic carbocycles. The van der Waals surface area contributed by atoms with E-state index < -0.39 is 0 Å². The molecule has 1 fully saturated rings.